The predicted molar refractivity (Wildman–Crippen MR) is 70.3 cm³/mol. The summed E-state index contributed by atoms with van der Waals surface area (Å²) < 4.78 is 15.7. The van der Waals surface area contributed by atoms with Gasteiger partial charge in [0.05, 0.1) is 11.9 Å². The molecule has 0 radical (unpaired) electrons. The minimum Gasteiger partial charge on any atom is -0.354 e. The number of aromatic nitrogens is 4. The summed E-state index contributed by atoms with van der Waals surface area (Å²) in [6, 6.07) is 5.48. The summed E-state index contributed by atoms with van der Waals surface area (Å²) in [4.78, 5) is 12.3. The number of anilines is 1. The largest absolute Gasteiger partial charge is 0.354 e. The summed E-state index contributed by atoms with van der Waals surface area (Å²) in [5, 5.41) is 2.97. The molecule has 0 aliphatic rings. The fourth-order valence-corrected chi connectivity index (χ4v) is 1.93. The molecule has 0 aliphatic heterocycles. The van der Waals surface area contributed by atoms with Crippen LogP contribution in [0, 0.1) is 5.82 Å². The second kappa shape index (κ2) is 4.64. The van der Waals surface area contributed by atoms with Crippen LogP contribution >= 0.6 is 0 Å². The summed E-state index contributed by atoms with van der Waals surface area (Å²) in [6.45, 7) is 2.61. The highest BCUT2D eigenvalue weighted by atomic mass is 19.1. The van der Waals surface area contributed by atoms with E-state index in [4.69, 9.17) is 0 Å². The van der Waals surface area contributed by atoms with Gasteiger partial charge in [-0.05, 0) is 19.1 Å². The standard InChI is InChI=1S/C13H12FN5/c1-2-15-13-17-8-9(14)12(18-13)10-4-3-5-11-16-6-7-19(10)11/h3-8H,2H2,1H3,(H,15,17,18). The molecular formula is C13H12FN5. The molecule has 3 aromatic rings. The lowest BCUT2D eigenvalue weighted by Gasteiger charge is -2.08. The highest BCUT2D eigenvalue weighted by Crippen LogP contribution is 2.22. The Bertz CT molecular complexity index is 722. The average molecular weight is 257 g/mol. The van der Waals surface area contributed by atoms with Crippen molar-refractivity contribution in [3.63, 3.8) is 0 Å². The first-order valence-corrected chi connectivity index (χ1v) is 5.98. The van der Waals surface area contributed by atoms with Gasteiger partial charge in [-0.3, -0.25) is 4.40 Å². The van der Waals surface area contributed by atoms with Gasteiger partial charge < -0.3 is 5.32 Å². The van der Waals surface area contributed by atoms with Crippen molar-refractivity contribution in [3.05, 3.63) is 42.6 Å². The molecule has 19 heavy (non-hydrogen) atoms. The Morgan fingerprint density at radius 3 is 3.05 bits per heavy atom. The summed E-state index contributed by atoms with van der Waals surface area (Å²) in [5.41, 5.74) is 1.66. The van der Waals surface area contributed by atoms with Gasteiger partial charge >= 0.3 is 0 Å². The number of rotatable bonds is 3. The molecule has 0 spiro atoms. The number of hydrogen-bond acceptors (Lipinski definition) is 4. The van der Waals surface area contributed by atoms with E-state index in [1.165, 1.54) is 6.20 Å². The van der Waals surface area contributed by atoms with E-state index in [0.717, 1.165) is 5.65 Å². The molecule has 3 heterocycles. The minimum absolute atomic E-state index is 0.259. The molecule has 3 rings (SSSR count). The van der Waals surface area contributed by atoms with Crippen LogP contribution in [-0.2, 0) is 0 Å². The molecule has 0 unspecified atom stereocenters. The molecule has 0 atom stereocenters. The van der Waals surface area contributed by atoms with Crippen LogP contribution in [0.5, 0.6) is 0 Å². The quantitative estimate of drug-likeness (QED) is 0.782. The number of imidazole rings is 1. The van der Waals surface area contributed by atoms with Crippen molar-refractivity contribution >= 4 is 11.6 Å². The molecule has 1 N–H and O–H groups in total. The van der Waals surface area contributed by atoms with Gasteiger partial charge in [-0.1, -0.05) is 6.07 Å². The van der Waals surface area contributed by atoms with E-state index < -0.39 is 5.82 Å². The van der Waals surface area contributed by atoms with Crippen LogP contribution in [0.15, 0.2) is 36.8 Å². The third-order valence-corrected chi connectivity index (χ3v) is 2.75. The van der Waals surface area contributed by atoms with E-state index in [2.05, 4.69) is 20.3 Å². The van der Waals surface area contributed by atoms with Gasteiger partial charge in [0.1, 0.15) is 11.3 Å². The third-order valence-electron chi connectivity index (χ3n) is 2.75. The van der Waals surface area contributed by atoms with Crippen molar-refractivity contribution in [2.75, 3.05) is 11.9 Å². The topological polar surface area (TPSA) is 55.1 Å². The van der Waals surface area contributed by atoms with Gasteiger partial charge in [0.25, 0.3) is 0 Å². The van der Waals surface area contributed by atoms with Crippen LogP contribution < -0.4 is 5.32 Å². The van der Waals surface area contributed by atoms with Gasteiger partial charge in [0.2, 0.25) is 5.95 Å². The zero-order valence-corrected chi connectivity index (χ0v) is 10.3. The van der Waals surface area contributed by atoms with Gasteiger partial charge in [0, 0.05) is 18.9 Å². The van der Waals surface area contributed by atoms with Crippen molar-refractivity contribution in [2.24, 2.45) is 0 Å². The van der Waals surface area contributed by atoms with Crippen LogP contribution in [0.1, 0.15) is 6.92 Å². The first-order chi connectivity index (χ1) is 9.29. The highest BCUT2D eigenvalue weighted by Gasteiger charge is 2.12. The van der Waals surface area contributed by atoms with E-state index in [1.54, 1.807) is 22.9 Å². The maximum absolute atomic E-state index is 13.9. The van der Waals surface area contributed by atoms with Crippen molar-refractivity contribution in [3.8, 4) is 11.4 Å². The van der Waals surface area contributed by atoms with Crippen LogP contribution in [-0.4, -0.2) is 25.9 Å². The molecular weight excluding hydrogens is 245 g/mol. The molecule has 0 amide bonds. The Balaban J connectivity index is 2.20. The molecule has 0 aromatic carbocycles. The van der Waals surface area contributed by atoms with Crippen molar-refractivity contribution in [1.82, 2.24) is 19.4 Å². The van der Waals surface area contributed by atoms with Crippen LogP contribution in [0.25, 0.3) is 17.0 Å². The first-order valence-electron chi connectivity index (χ1n) is 5.98. The Morgan fingerprint density at radius 2 is 2.21 bits per heavy atom. The maximum atomic E-state index is 13.9. The molecule has 0 bridgehead atoms. The SMILES string of the molecule is CCNc1ncc(F)c(-c2cccc3nccn23)n1. The summed E-state index contributed by atoms with van der Waals surface area (Å²) in [5.74, 6) is -0.0427. The van der Waals surface area contributed by atoms with Crippen molar-refractivity contribution in [1.29, 1.82) is 0 Å². The number of hydrogen-bond donors (Lipinski definition) is 1. The lowest BCUT2D eigenvalue weighted by molar-refractivity contribution is 0.617. The van der Waals surface area contributed by atoms with Crippen LogP contribution in [0.2, 0.25) is 0 Å². The fraction of sp³-hybridized carbons (Fsp3) is 0.154. The van der Waals surface area contributed by atoms with Crippen LogP contribution in [0.4, 0.5) is 10.3 Å². The number of nitrogens with one attached hydrogen (secondary N) is 1. The first kappa shape index (κ1) is 11.6. The Morgan fingerprint density at radius 1 is 1.32 bits per heavy atom. The molecule has 0 saturated heterocycles. The summed E-state index contributed by atoms with van der Waals surface area (Å²) in [6.07, 6.45) is 4.62. The molecule has 0 aliphatic carbocycles. The summed E-state index contributed by atoms with van der Waals surface area (Å²) in [7, 11) is 0. The third kappa shape index (κ3) is 2.01. The van der Waals surface area contributed by atoms with Crippen molar-refractivity contribution in [2.45, 2.75) is 6.92 Å². The zero-order chi connectivity index (χ0) is 13.2. The van der Waals surface area contributed by atoms with Gasteiger partial charge in [-0.25, -0.2) is 19.3 Å². The maximum Gasteiger partial charge on any atom is 0.223 e. The minimum atomic E-state index is -0.456. The monoisotopic (exact) mass is 257 g/mol. The molecule has 0 saturated carbocycles. The molecule has 3 aromatic heterocycles. The predicted octanol–water partition coefficient (Wildman–Crippen LogP) is 2.36. The Labute approximate surface area is 109 Å². The van der Waals surface area contributed by atoms with E-state index in [9.17, 15) is 4.39 Å². The van der Waals surface area contributed by atoms with E-state index >= 15 is 0 Å². The summed E-state index contributed by atoms with van der Waals surface area (Å²) >= 11 is 0. The molecule has 0 fully saturated rings. The second-order valence-electron chi connectivity index (χ2n) is 3.99. The molecule has 96 valence electrons. The van der Waals surface area contributed by atoms with E-state index in [1.807, 2.05) is 19.1 Å². The van der Waals surface area contributed by atoms with Crippen molar-refractivity contribution < 1.29 is 4.39 Å². The van der Waals surface area contributed by atoms with Gasteiger partial charge in [0.15, 0.2) is 5.82 Å². The van der Waals surface area contributed by atoms with Gasteiger partial charge in [-0.2, -0.15) is 0 Å². The lowest BCUT2D eigenvalue weighted by Crippen LogP contribution is -2.05. The average Bonchev–Trinajstić information content (AvgIpc) is 2.89. The molecule has 5 nitrogen and oxygen atoms in total. The number of pyridine rings is 1. The Hall–Kier alpha value is -2.50. The fourth-order valence-electron chi connectivity index (χ4n) is 1.93. The number of fused-ring (bicyclic) bond motifs is 1. The zero-order valence-electron chi connectivity index (χ0n) is 10.3. The second-order valence-corrected chi connectivity index (χ2v) is 3.99. The lowest BCUT2D eigenvalue weighted by atomic mass is 10.2. The smallest absolute Gasteiger partial charge is 0.223 e. The van der Waals surface area contributed by atoms with Gasteiger partial charge in [-0.15, -0.1) is 0 Å². The van der Waals surface area contributed by atoms with Crippen LogP contribution in [0.3, 0.4) is 0 Å². The van der Waals surface area contributed by atoms with E-state index in [-0.39, 0.29) is 5.69 Å². The normalized spacial score (nSPS) is 10.8. The number of nitrogens with zero attached hydrogens (tertiary/aromatic N) is 4. The van der Waals surface area contributed by atoms with E-state index in [0.29, 0.717) is 18.2 Å². The molecule has 6 heteroatoms. The highest BCUT2D eigenvalue weighted by molar-refractivity contribution is 5.61. The Kier molecular flexibility index (Phi) is 2.83. The number of halogens is 1.